The zero-order valence-electron chi connectivity index (χ0n) is 21.0. The molecule has 0 aliphatic carbocycles. The first-order valence-electron chi connectivity index (χ1n) is 12.0. The van der Waals surface area contributed by atoms with E-state index in [1.807, 2.05) is 30.3 Å². The molecular weight excluding hydrogens is 525 g/mol. The number of esters is 1. The molecule has 1 aromatic heterocycles. The topological polar surface area (TPSA) is 44.8 Å². The van der Waals surface area contributed by atoms with Gasteiger partial charge in [0.1, 0.15) is 23.9 Å². The van der Waals surface area contributed by atoms with Gasteiger partial charge >= 0.3 is 5.97 Å². The van der Waals surface area contributed by atoms with E-state index in [0.717, 1.165) is 24.6 Å². The summed E-state index contributed by atoms with van der Waals surface area (Å²) in [5.74, 6) is -3.19. The lowest BCUT2D eigenvalue weighted by molar-refractivity contribution is 0.0178. The number of halogens is 3. The molecule has 198 valence electrons. The van der Waals surface area contributed by atoms with Gasteiger partial charge in [-0.25, -0.2) is 18.0 Å². The Morgan fingerprint density at radius 1 is 0.897 bits per heavy atom. The lowest BCUT2D eigenvalue weighted by atomic mass is 10.00. The Morgan fingerprint density at radius 3 is 2.31 bits per heavy atom. The molecule has 5 aromatic rings. The third kappa shape index (κ3) is 5.76. The van der Waals surface area contributed by atoms with E-state index in [9.17, 15) is 18.0 Å². The number of alkyl halides is 2. The van der Waals surface area contributed by atoms with Crippen LogP contribution in [0.5, 0.6) is 17.2 Å². The molecule has 0 bridgehead atoms. The van der Waals surface area contributed by atoms with Crippen LogP contribution in [-0.2, 0) is 17.3 Å². The summed E-state index contributed by atoms with van der Waals surface area (Å²) in [6.45, 7) is 1.13. The summed E-state index contributed by atoms with van der Waals surface area (Å²) >= 11 is 1.17. The molecule has 0 aliphatic rings. The molecule has 0 unspecified atom stereocenters. The van der Waals surface area contributed by atoms with E-state index < -0.39 is 23.3 Å². The molecule has 1 heterocycles. The molecular formula is C31H23F3O4S. The number of ether oxygens (including phenoxy) is 3. The van der Waals surface area contributed by atoms with Crippen molar-refractivity contribution in [3.8, 4) is 27.7 Å². The molecule has 0 fully saturated rings. The molecule has 4 nitrogen and oxygen atoms in total. The van der Waals surface area contributed by atoms with Gasteiger partial charge in [0.2, 0.25) is 0 Å². The van der Waals surface area contributed by atoms with Crippen LogP contribution in [0.2, 0.25) is 0 Å². The number of hydrogen-bond acceptors (Lipinski definition) is 5. The summed E-state index contributed by atoms with van der Waals surface area (Å²) in [6, 6.07) is 24.9. The van der Waals surface area contributed by atoms with Gasteiger partial charge in [-0.3, -0.25) is 0 Å². The molecule has 0 saturated heterocycles. The normalized spacial score (nSPS) is 11.4. The van der Waals surface area contributed by atoms with Gasteiger partial charge in [-0.05, 0) is 60.2 Å². The molecule has 39 heavy (non-hydrogen) atoms. The maximum atomic E-state index is 14.6. The van der Waals surface area contributed by atoms with Crippen molar-refractivity contribution in [2.45, 2.75) is 19.5 Å². The summed E-state index contributed by atoms with van der Waals surface area (Å²) < 4.78 is 60.7. The Bertz CT molecular complexity index is 1620. The predicted octanol–water partition coefficient (Wildman–Crippen LogP) is 8.98. The molecule has 0 radical (unpaired) electrons. The fraction of sp³-hybridized carbons (Fsp3) is 0.129. The highest BCUT2D eigenvalue weighted by Gasteiger charge is 2.31. The maximum Gasteiger partial charge on any atom is 0.337 e. The highest BCUT2D eigenvalue weighted by atomic mass is 32.1. The van der Waals surface area contributed by atoms with Crippen molar-refractivity contribution in [1.82, 2.24) is 0 Å². The van der Waals surface area contributed by atoms with Crippen molar-refractivity contribution < 1.29 is 32.2 Å². The summed E-state index contributed by atoms with van der Waals surface area (Å²) in [5.41, 5.74) is 1.02. The largest absolute Gasteiger partial charge is 0.489 e. The van der Waals surface area contributed by atoms with Crippen LogP contribution < -0.4 is 9.47 Å². The maximum absolute atomic E-state index is 14.6. The number of fused-ring (bicyclic) bond motifs is 1. The van der Waals surface area contributed by atoms with Crippen LogP contribution in [0.4, 0.5) is 13.2 Å². The van der Waals surface area contributed by atoms with E-state index in [4.69, 9.17) is 14.2 Å². The van der Waals surface area contributed by atoms with Crippen molar-refractivity contribution in [3.63, 3.8) is 0 Å². The first-order chi connectivity index (χ1) is 18.7. The third-order valence-electron chi connectivity index (χ3n) is 6.06. The van der Waals surface area contributed by atoms with E-state index in [2.05, 4.69) is 0 Å². The first kappa shape index (κ1) is 26.3. The molecule has 5 rings (SSSR count). The van der Waals surface area contributed by atoms with Crippen molar-refractivity contribution in [1.29, 1.82) is 0 Å². The van der Waals surface area contributed by atoms with Crippen LogP contribution in [-0.4, -0.2) is 13.1 Å². The molecule has 0 atom stereocenters. The monoisotopic (exact) mass is 548 g/mol. The second kappa shape index (κ2) is 10.8. The predicted molar refractivity (Wildman–Crippen MR) is 145 cm³/mol. The van der Waals surface area contributed by atoms with Gasteiger partial charge in [-0.15, -0.1) is 11.3 Å². The van der Waals surface area contributed by atoms with Crippen LogP contribution in [0.15, 0.2) is 91.0 Å². The third-order valence-corrected chi connectivity index (χ3v) is 7.22. The Balaban J connectivity index is 1.54. The van der Waals surface area contributed by atoms with E-state index in [-0.39, 0.29) is 5.56 Å². The van der Waals surface area contributed by atoms with Gasteiger partial charge in [0.05, 0.1) is 17.6 Å². The quantitative estimate of drug-likeness (QED) is 0.182. The average Bonchev–Trinajstić information content (AvgIpc) is 3.29. The molecule has 0 saturated carbocycles. The van der Waals surface area contributed by atoms with Crippen LogP contribution in [0, 0.1) is 5.82 Å². The van der Waals surface area contributed by atoms with Crippen molar-refractivity contribution in [3.05, 3.63) is 114 Å². The zero-order valence-corrected chi connectivity index (χ0v) is 21.9. The second-order valence-electron chi connectivity index (χ2n) is 8.89. The molecule has 0 aliphatic heterocycles. The summed E-state index contributed by atoms with van der Waals surface area (Å²) in [5, 5.41) is 0.613. The SMILES string of the molecule is COC(=O)c1ccc2c(Oc3ccc(OCc4ccccc4)cc3)c(-c3ccc(F)cc3C(C)(F)F)sc2c1. The Labute approximate surface area is 227 Å². The number of hydrogen-bond donors (Lipinski definition) is 0. The fourth-order valence-electron chi connectivity index (χ4n) is 4.14. The molecule has 8 heteroatoms. The minimum atomic E-state index is -3.31. The van der Waals surface area contributed by atoms with Crippen LogP contribution >= 0.6 is 11.3 Å². The molecule has 4 aromatic carbocycles. The number of carbonyl (C=O) groups excluding carboxylic acids is 1. The number of carbonyl (C=O) groups is 1. The highest BCUT2D eigenvalue weighted by Crippen LogP contribution is 2.49. The van der Waals surface area contributed by atoms with Gasteiger partial charge in [-0.1, -0.05) is 36.4 Å². The molecule has 0 amide bonds. The van der Waals surface area contributed by atoms with Gasteiger partial charge in [0.25, 0.3) is 5.92 Å². The Morgan fingerprint density at radius 2 is 1.62 bits per heavy atom. The standard InChI is InChI=1S/C31H23F3O4S/c1-31(33,34)26-17-21(32)9-15-24(26)29-28(25-14-8-20(30(35)36-2)16-27(25)39-29)38-23-12-10-22(11-13-23)37-18-19-6-4-3-5-7-19/h3-17H,18H2,1-2H3. The number of benzene rings is 4. The fourth-order valence-corrected chi connectivity index (χ4v) is 5.35. The smallest absolute Gasteiger partial charge is 0.337 e. The Hall–Kier alpha value is -4.30. The van der Waals surface area contributed by atoms with E-state index in [0.29, 0.717) is 44.4 Å². The van der Waals surface area contributed by atoms with Gasteiger partial charge in [0.15, 0.2) is 5.75 Å². The molecule has 0 N–H and O–H groups in total. The number of methoxy groups -OCH3 is 1. The second-order valence-corrected chi connectivity index (χ2v) is 9.94. The van der Waals surface area contributed by atoms with Crippen molar-refractivity contribution in [2.75, 3.05) is 7.11 Å². The van der Waals surface area contributed by atoms with Crippen molar-refractivity contribution >= 4 is 27.4 Å². The van der Waals surface area contributed by atoms with E-state index >= 15 is 0 Å². The minimum absolute atomic E-state index is 0.141. The summed E-state index contributed by atoms with van der Waals surface area (Å²) in [7, 11) is 1.28. The van der Waals surface area contributed by atoms with Crippen molar-refractivity contribution in [2.24, 2.45) is 0 Å². The number of rotatable bonds is 8. The van der Waals surface area contributed by atoms with Crippen LogP contribution in [0.3, 0.4) is 0 Å². The Kier molecular flexibility index (Phi) is 7.30. The van der Waals surface area contributed by atoms with Gasteiger partial charge in [-0.2, -0.15) is 0 Å². The van der Waals surface area contributed by atoms with E-state index in [1.54, 1.807) is 42.5 Å². The average molecular weight is 549 g/mol. The zero-order chi connectivity index (χ0) is 27.6. The minimum Gasteiger partial charge on any atom is -0.489 e. The number of thiophene rings is 1. The first-order valence-corrected chi connectivity index (χ1v) is 12.8. The van der Waals surface area contributed by atoms with E-state index in [1.165, 1.54) is 24.5 Å². The molecule has 0 spiro atoms. The summed E-state index contributed by atoms with van der Waals surface area (Å²) in [4.78, 5) is 12.5. The van der Waals surface area contributed by atoms with Gasteiger partial charge < -0.3 is 14.2 Å². The summed E-state index contributed by atoms with van der Waals surface area (Å²) in [6.07, 6.45) is 0. The van der Waals surface area contributed by atoms with Crippen LogP contribution in [0.1, 0.15) is 28.4 Å². The van der Waals surface area contributed by atoms with Crippen LogP contribution in [0.25, 0.3) is 20.5 Å². The lowest BCUT2D eigenvalue weighted by Crippen LogP contribution is -2.09. The lowest BCUT2D eigenvalue weighted by Gasteiger charge is -2.16. The highest BCUT2D eigenvalue weighted by molar-refractivity contribution is 7.22. The van der Waals surface area contributed by atoms with Gasteiger partial charge in [0, 0.05) is 28.1 Å².